The van der Waals surface area contributed by atoms with Crippen LogP contribution in [0, 0.1) is 5.41 Å². The third-order valence-electron chi connectivity index (χ3n) is 4.38. The maximum absolute atomic E-state index is 12.6. The van der Waals surface area contributed by atoms with Crippen molar-refractivity contribution < 1.29 is 8.42 Å². The molecule has 21 heavy (non-hydrogen) atoms. The van der Waals surface area contributed by atoms with Crippen LogP contribution in [0.5, 0.6) is 0 Å². The summed E-state index contributed by atoms with van der Waals surface area (Å²) in [4.78, 5) is 4.17. The fraction of sp³-hybridized carbons (Fsp3) is 0.643. The number of hydrazine groups is 1. The summed E-state index contributed by atoms with van der Waals surface area (Å²) < 4.78 is 26.7. The summed E-state index contributed by atoms with van der Waals surface area (Å²) in [6, 6.07) is 3.15. The molecule has 1 aliphatic carbocycles. The van der Waals surface area contributed by atoms with E-state index in [-0.39, 0.29) is 10.9 Å². The van der Waals surface area contributed by atoms with Crippen LogP contribution >= 0.6 is 0 Å². The molecule has 0 spiro atoms. The fourth-order valence-electron chi connectivity index (χ4n) is 2.73. The van der Waals surface area contributed by atoms with E-state index in [4.69, 9.17) is 5.84 Å². The second-order valence-electron chi connectivity index (χ2n) is 6.44. The highest BCUT2D eigenvalue weighted by atomic mass is 32.2. The van der Waals surface area contributed by atoms with Gasteiger partial charge in [0, 0.05) is 19.3 Å². The van der Waals surface area contributed by atoms with E-state index in [1.165, 1.54) is 16.6 Å². The molecule has 1 saturated carbocycles. The van der Waals surface area contributed by atoms with Gasteiger partial charge in [0.1, 0.15) is 10.7 Å². The van der Waals surface area contributed by atoms with E-state index < -0.39 is 10.0 Å². The summed E-state index contributed by atoms with van der Waals surface area (Å²) in [5, 5.41) is 0. The molecule has 6 nitrogen and oxygen atoms in total. The van der Waals surface area contributed by atoms with Gasteiger partial charge in [0.05, 0.1) is 0 Å². The zero-order valence-electron chi connectivity index (χ0n) is 12.8. The van der Waals surface area contributed by atoms with E-state index in [1.807, 2.05) is 0 Å². The number of nitrogen functional groups attached to an aromatic ring is 1. The van der Waals surface area contributed by atoms with E-state index in [0.29, 0.717) is 11.2 Å². The lowest BCUT2D eigenvalue weighted by atomic mass is 9.76. The number of hydrogen-bond acceptors (Lipinski definition) is 5. The zero-order valence-corrected chi connectivity index (χ0v) is 13.7. The molecule has 2 rings (SSSR count). The van der Waals surface area contributed by atoms with Crippen molar-refractivity contribution >= 4 is 15.8 Å². The van der Waals surface area contributed by atoms with Gasteiger partial charge in [0.25, 0.3) is 0 Å². The van der Waals surface area contributed by atoms with Gasteiger partial charge in [0.2, 0.25) is 10.0 Å². The highest BCUT2D eigenvalue weighted by Gasteiger charge is 2.34. The van der Waals surface area contributed by atoms with Gasteiger partial charge in [-0.05, 0) is 43.2 Å². The summed E-state index contributed by atoms with van der Waals surface area (Å²) in [5.41, 5.74) is 2.70. The first kappa shape index (κ1) is 16.2. The molecule has 1 fully saturated rings. The van der Waals surface area contributed by atoms with Gasteiger partial charge in [-0.25, -0.2) is 19.2 Å². The van der Waals surface area contributed by atoms with Crippen LogP contribution in [-0.4, -0.2) is 30.8 Å². The van der Waals surface area contributed by atoms with Gasteiger partial charge in [-0.1, -0.05) is 13.8 Å². The molecule has 0 aliphatic heterocycles. The van der Waals surface area contributed by atoms with E-state index in [0.717, 1.165) is 25.7 Å². The van der Waals surface area contributed by atoms with Crippen LogP contribution in [0.1, 0.15) is 39.5 Å². The summed E-state index contributed by atoms with van der Waals surface area (Å²) in [5.74, 6) is 5.68. The van der Waals surface area contributed by atoms with Crippen LogP contribution in [0.25, 0.3) is 0 Å². The van der Waals surface area contributed by atoms with Crippen molar-refractivity contribution in [3.05, 3.63) is 18.3 Å². The van der Waals surface area contributed by atoms with Crippen LogP contribution < -0.4 is 11.3 Å². The minimum Gasteiger partial charge on any atom is -0.308 e. The lowest BCUT2D eigenvalue weighted by molar-refractivity contribution is 0.174. The Bertz CT molecular complexity index is 573. The largest absolute Gasteiger partial charge is 0.308 e. The van der Waals surface area contributed by atoms with Crippen molar-refractivity contribution in [1.29, 1.82) is 0 Å². The number of hydrogen-bond donors (Lipinski definition) is 2. The van der Waals surface area contributed by atoms with E-state index in [9.17, 15) is 8.42 Å². The Balaban J connectivity index is 2.15. The molecule has 0 atom stereocenters. The minimum absolute atomic E-state index is 0.0651. The van der Waals surface area contributed by atoms with Crippen molar-refractivity contribution in [3.63, 3.8) is 0 Å². The van der Waals surface area contributed by atoms with Crippen LogP contribution in [0.2, 0.25) is 0 Å². The van der Waals surface area contributed by atoms with Gasteiger partial charge < -0.3 is 5.43 Å². The highest BCUT2D eigenvalue weighted by molar-refractivity contribution is 7.89. The van der Waals surface area contributed by atoms with Crippen molar-refractivity contribution in [2.45, 2.75) is 50.5 Å². The van der Waals surface area contributed by atoms with Gasteiger partial charge in [0.15, 0.2) is 0 Å². The van der Waals surface area contributed by atoms with Gasteiger partial charge in [-0.15, -0.1) is 0 Å². The molecule has 1 aromatic rings. The number of anilines is 1. The Morgan fingerprint density at radius 1 is 1.33 bits per heavy atom. The number of pyridine rings is 1. The molecule has 0 amide bonds. The predicted molar refractivity (Wildman–Crippen MR) is 83.0 cm³/mol. The number of sulfonamides is 1. The summed E-state index contributed by atoms with van der Waals surface area (Å²) in [6.07, 6.45) is 5.24. The molecule has 0 aromatic carbocycles. The highest BCUT2D eigenvalue weighted by Crippen LogP contribution is 2.37. The molecular weight excluding hydrogens is 288 g/mol. The minimum atomic E-state index is -3.50. The summed E-state index contributed by atoms with van der Waals surface area (Å²) in [7, 11) is -1.84. The topological polar surface area (TPSA) is 88.3 Å². The molecule has 0 bridgehead atoms. The Morgan fingerprint density at radius 3 is 2.43 bits per heavy atom. The SMILES string of the molecule is CN(C1CCC(C)(C)CC1)S(=O)(=O)c1ccc(NN)nc1. The predicted octanol–water partition coefficient (Wildman–Crippen LogP) is 1.96. The van der Waals surface area contributed by atoms with Crippen LogP contribution in [0.15, 0.2) is 23.2 Å². The van der Waals surface area contributed by atoms with E-state index in [1.54, 1.807) is 13.1 Å². The molecule has 3 N–H and O–H groups in total. The number of nitrogens with zero attached hydrogens (tertiary/aromatic N) is 2. The summed E-state index contributed by atoms with van der Waals surface area (Å²) >= 11 is 0. The molecule has 1 heterocycles. The average Bonchev–Trinajstić information content (AvgIpc) is 2.46. The van der Waals surface area contributed by atoms with Gasteiger partial charge in [-0.3, -0.25) is 0 Å². The number of nitrogens with two attached hydrogens (primary N) is 1. The standard InChI is InChI=1S/C14H24N4O2S/c1-14(2)8-6-11(7-9-14)18(3)21(19,20)12-4-5-13(17-15)16-10-12/h4-5,10-11H,6-9,15H2,1-3H3,(H,16,17). The van der Waals surface area contributed by atoms with E-state index >= 15 is 0 Å². The first-order valence-corrected chi connectivity index (χ1v) is 8.61. The van der Waals surface area contributed by atoms with Crippen molar-refractivity contribution in [3.8, 4) is 0 Å². The molecule has 0 radical (unpaired) electrons. The number of nitrogens with one attached hydrogen (secondary N) is 1. The van der Waals surface area contributed by atoms with Crippen LogP contribution in [0.3, 0.4) is 0 Å². The second-order valence-corrected chi connectivity index (χ2v) is 8.44. The Morgan fingerprint density at radius 2 is 1.95 bits per heavy atom. The van der Waals surface area contributed by atoms with Crippen molar-refractivity contribution in [2.75, 3.05) is 12.5 Å². The molecule has 1 aliphatic rings. The first-order chi connectivity index (χ1) is 9.76. The maximum Gasteiger partial charge on any atom is 0.244 e. The molecule has 1 aromatic heterocycles. The third kappa shape index (κ3) is 3.53. The van der Waals surface area contributed by atoms with E-state index in [2.05, 4.69) is 24.3 Å². The Hall–Kier alpha value is -1.18. The quantitative estimate of drug-likeness (QED) is 0.655. The molecule has 7 heteroatoms. The average molecular weight is 312 g/mol. The van der Waals surface area contributed by atoms with Gasteiger partial charge >= 0.3 is 0 Å². The van der Waals surface area contributed by atoms with Gasteiger partial charge in [-0.2, -0.15) is 4.31 Å². The maximum atomic E-state index is 12.6. The Labute approximate surface area is 126 Å². The third-order valence-corrected chi connectivity index (χ3v) is 6.28. The first-order valence-electron chi connectivity index (χ1n) is 7.17. The van der Waals surface area contributed by atoms with Crippen molar-refractivity contribution in [2.24, 2.45) is 11.3 Å². The lowest BCUT2D eigenvalue weighted by Crippen LogP contribution is -2.40. The molecular formula is C14H24N4O2S. The number of rotatable bonds is 4. The summed E-state index contributed by atoms with van der Waals surface area (Å²) in [6.45, 7) is 4.47. The normalized spacial score (nSPS) is 19.7. The molecule has 0 unspecified atom stereocenters. The van der Waals surface area contributed by atoms with Crippen LogP contribution in [0.4, 0.5) is 5.82 Å². The van der Waals surface area contributed by atoms with Crippen molar-refractivity contribution in [1.82, 2.24) is 9.29 Å². The lowest BCUT2D eigenvalue weighted by Gasteiger charge is -2.38. The fourth-order valence-corrected chi connectivity index (χ4v) is 4.09. The monoisotopic (exact) mass is 312 g/mol. The Kier molecular flexibility index (Phi) is 4.55. The zero-order chi connectivity index (χ0) is 15.7. The molecule has 0 saturated heterocycles. The second kappa shape index (κ2) is 5.90. The number of aromatic nitrogens is 1. The van der Waals surface area contributed by atoms with Crippen LogP contribution in [-0.2, 0) is 10.0 Å². The molecule has 118 valence electrons. The smallest absolute Gasteiger partial charge is 0.244 e.